The Morgan fingerprint density at radius 2 is 2.06 bits per heavy atom. The molecule has 0 aliphatic heterocycles. The summed E-state index contributed by atoms with van der Waals surface area (Å²) in [5, 5.41) is 12.7. The number of nitrogens with one attached hydrogen (secondary N) is 1. The maximum atomic E-state index is 9.30. The standard InChI is InChI=1S/C14H27N3/c1-5-9-17(13-6-7-13)10-8-14(4,11-15)16-12(2)3/h12-13,16H,5-10H2,1-4H3. The van der Waals surface area contributed by atoms with E-state index in [1.54, 1.807) is 0 Å². The van der Waals surface area contributed by atoms with Crippen molar-refractivity contribution in [2.75, 3.05) is 13.1 Å². The summed E-state index contributed by atoms with van der Waals surface area (Å²) in [5.41, 5.74) is -0.380. The molecule has 0 bridgehead atoms. The summed E-state index contributed by atoms with van der Waals surface area (Å²) in [6.45, 7) is 10.7. The van der Waals surface area contributed by atoms with Crippen molar-refractivity contribution in [1.29, 1.82) is 5.26 Å². The van der Waals surface area contributed by atoms with Crippen LogP contribution < -0.4 is 5.32 Å². The maximum absolute atomic E-state index is 9.30. The van der Waals surface area contributed by atoms with E-state index in [2.05, 4.69) is 37.1 Å². The van der Waals surface area contributed by atoms with Gasteiger partial charge in [0.1, 0.15) is 5.54 Å². The van der Waals surface area contributed by atoms with Crippen molar-refractivity contribution in [2.24, 2.45) is 0 Å². The van der Waals surface area contributed by atoms with Crippen molar-refractivity contribution in [2.45, 2.75) is 71.0 Å². The molecule has 1 fully saturated rings. The largest absolute Gasteiger partial charge is 0.300 e. The molecule has 0 heterocycles. The predicted octanol–water partition coefficient (Wildman–Crippen LogP) is 2.53. The van der Waals surface area contributed by atoms with Gasteiger partial charge in [-0.3, -0.25) is 5.32 Å². The van der Waals surface area contributed by atoms with Gasteiger partial charge >= 0.3 is 0 Å². The molecule has 1 saturated carbocycles. The predicted molar refractivity (Wildman–Crippen MR) is 71.8 cm³/mol. The molecule has 98 valence electrons. The molecule has 0 radical (unpaired) electrons. The van der Waals surface area contributed by atoms with E-state index in [0.717, 1.165) is 19.0 Å². The molecule has 0 spiro atoms. The zero-order chi connectivity index (χ0) is 12.9. The number of nitriles is 1. The van der Waals surface area contributed by atoms with Gasteiger partial charge in [-0.05, 0) is 53.0 Å². The van der Waals surface area contributed by atoms with Crippen molar-refractivity contribution in [3.05, 3.63) is 0 Å². The van der Waals surface area contributed by atoms with Crippen LogP contribution in [0.1, 0.15) is 53.4 Å². The summed E-state index contributed by atoms with van der Waals surface area (Å²) in [6, 6.07) is 3.59. The second-order valence-electron chi connectivity index (χ2n) is 5.76. The van der Waals surface area contributed by atoms with Crippen LogP contribution in [0.3, 0.4) is 0 Å². The van der Waals surface area contributed by atoms with E-state index in [1.165, 1.54) is 25.8 Å². The van der Waals surface area contributed by atoms with Gasteiger partial charge < -0.3 is 4.90 Å². The lowest BCUT2D eigenvalue weighted by Gasteiger charge is -2.29. The molecule has 17 heavy (non-hydrogen) atoms. The average Bonchev–Trinajstić information content (AvgIpc) is 3.07. The van der Waals surface area contributed by atoms with Crippen molar-refractivity contribution in [3.8, 4) is 6.07 Å². The maximum Gasteiger partial charge on any atom is 0.105 e. The van der Waals surface area contributed by atoms with Crippen LogP contribution >= 0.6 is 0 Å². The Morgan fingerprint density at radius 3 is 2.47 bits per heavy atom. The summed E-state index contributed by atoms with van der Waals surface area (Å²) in [4.78, 5) is 2.55. The van der Waals surface area contributed by atoms with Crippen molar-refractivity contribution in [3.63, 3.8) is 0 Å². The molecule has 1 atom stereocenters. The molecule has 0 aromatic rings. The molecule has 1 aliphatic carbocycles. The summed E-state index contributed by atoms with van der Waals surface area (Å²) in [6.07, 6.45) is 4.82. The van der Waals surface area contributed by atoms with Gasteiger partial charge in [0.2, 0.25) is 0 Å². The summed E-state index contributed by atoms with van der Waals surface area (Å²) in [7, 11) is 0. The van der Waals surface area contributed by atoms with Gasteiger partial charge in [-0.25, -0.2) is 0 Å². The molecule has 3 nitrogen and oxygen atoms in total. The van der Waals surface area contributed by atoms with E-state index in [1.807, 2.05) is 6.92 Å². The quantitative estimate of drug-likeness (QED) is 0.705. The lowest BCUT2D eigenvalue weighted by Crippen LogP contribution is -2.47. The fourth-order valence-corrected chi connectivity index (χ4v) is 2.37. The van der Waals surface area contributed by atoms with Gasteiger partial charge in [-0.15, -0.1) is 0 Å². The first kappa shape index (κ1) is 14.5. The van der Waals surface area contributed by atoms with Gasteiger partial charge in [0.15, 0.2) is 0 Å². The Kier molecular flexibility index (Phi) is 5.42. The third-order valence-electron chi connectivity index (χ3n) is 3.33. The van der Waals surface area contributed by atoms with Gasteiger partial charge in [-0.1, -0.05) is 6.92 Å². The molecule has 1 rings (SSSR count). The highest BCUT2D eigenvalue weighted by atomic mass is 15.2. The number of hydrogen-bond acceptors (Lipinski definition) is 3. The van der Waals surface area contributed by atoms with Crippen molar-refractivity contribution >= 4 is 0 Å². The van der Waals surface area contributed by atoms with Crippen LogP contribution in [-0.2, 0) is 0 Å². The van der Waals surface area contributed by atoms with Gasteiger partial charge in [0.25, 0.3) is 0 Å². The number of hydrogen-bond donors (Lipinski definition) is 1. The minimum atomic E-state index is -0.380. The van der Waals surface area contributed by atoms with E-state index in [0.29, 0.717) is 6.04 Å². The molecule has 1 unspecified atom stereocenters. The van der Waals surface area contributed by atoms with Gasteiger partial charge in [0.05, 0.1) is 6.07 Å². The van der Waals surface area contributed by atoms with Crippen LogP contribution in [0, 0.1) is 11.3 Å². The molecular formula is C14H27N3. The zero-order valence-corrected chi connectivity index (χ0v) is 11.8. The van der Waals surface area contributed by atoms with E-state index in [-0.39, 0.29) is 5.54 Å². The lowest BCUT2D eigenvalue weighted by molar-refractivity contribution is 0.232. The normalized spacial score (nSPS) is 19.4. The first-order valence-electron chi connectivity index (χ1n) is 6.93. The third kappa shape index (κ3) is 5.06. The molecule has 3 heteroatoms. The number of rotatable bonds is 8. The third-order valence-corrected chi connectivity index (χ3v) is 3.33. The highest BCUT2D eigenvalue weighted by Gasteiger charge is 2.31. The molecule has 0 aromatic heterocycles. The van der Waals surface area contributed by atoms with Gasteiger partial charge in [0, 0.05) is 18.6 Å². The fourth-order valence-electron chi connectivity index (χ4n) is 2.37. The highest BCUT2D eigenvalue weighted by Crippen LogP contribution is 2.27. The van der Waals surface area contributed by atoms with E-state index in [4.69, 9.17) is 0 Å². The first-order valence-corrected chi connectivity index (χ1v) is 6.93. The van der Waals surface area contributed by atoms with Crippen molar-refractivity contribution in [1.82, 2.24) is 10.2 Å². The molecule has 1 aliphatic rings. The molecular weight excluding hydrogens is 210 g/mol. The summed E-state index contributed by atoms with van der Waals surface area (Å²) < 4.78 is 0. The Morgan fingerprint density at radius 1 is 1.41 bits per heavy atom. The van der Waals surface area contributed by atoms with Crippen LogP contribution in [-0.4, -0.2) is 35.6 Å². The Bertz CT molecular complexity index is 265. The molecule has 1 N–H and O–H groups in total. The van der Waals surface area contributed by atoms with Crippen LogP contribution in [0.5, 0.6) is 0 Å². The average molecular weight is 237 g/mol. The highest BCUT2D eigenvalue weighted by molar-refractivity contribution is 5.05. The Balaban J connectivity index is 2.42. The SMILES string of the molecule is CCCN(CCC(C)(C#N)NC(C)C)C1CC1. The topological polar surface area (TPSA) is 39.1 Å². The molecule has 0 aromatic carbocycles. The Labute approximate surface area is 106 Å². The minimum absolute atomic E-state index is 0.361. The van der Waals surface area contributed by atoms with E-state index < -0.39 is 0 Å². The first-order chi connectivity index (χ1) is 8.00. The molecule has 0 saturated heterocycles. The fraction of sp³-hybridized carbons (Fsp3) is 0.929. The van der Waals surface area contributed by atoms with E-state index in [9.17, 15) is 5.26 Å². The smallest absolute Gasteiger partial charge is 0.105 e. The lowest BCUT2D eigenvalue weighted by atomic mass is 9.98. The van der Waals surface area contributed by atoms with Gasteiger partial charge in [-0.2, -0.15) is 5.26 Å². The van der Waals surface area contributed by atoms with Crippen LogP contribution in [0.4, 0.5) is 0 Å². The number of nitrogens with zero attached hydrogens (tertiary/aromatic N) is 2. The van der Waals surface area contributed by atoms with Crippen LogP contribution in [0.15, 0.2) is 0 Å². The molecule has 0 amide bonds. The minimum Gasteiger partial charge on any atom is -0.300 e. The summed E-state index contributed by atoms with van der Waals surface area (Å²) in [5.74, 6) is 0. The van der Waals surface area contributed by atoms with Crippen molar-refractivity contribution < 1.29 is 0 Å². The zero-order valence-electron chi connectivity index (χ0n) is 11.8. The van der Waals surface area contributed by atoms with E-state index >= 15 is 0 Å². The second kappa shape index (κ2) is 6.37. The van der Waals surface area contributed by atoms with Crippen LogP contribution in [0.2, 0.25) is 0 Å². The monoisotopic (exact) mass is 237 g/mol. The Hall–Kier alpha value is -0.590. The van der Waals surface area contributed by atoms with Crippen LogP contribution in [0.25, 0.3) is 0 Å². The second-order valence-corrected chi connectivity index (χ2v) is 5.76. The summed E-state index contributed by atoms with van der Waals surface area (Å²) >= 11 is 0.